The minimum absolute atomic E-state index is 0.0184. The SMILES string of the molecule is CCCCCCCC(=O)CC(O)C[O]. The van der Waals surface area contributed by atoms with Gasteiger partial charge in [-0.2, -0.15) is 0 Å². The van der Waals surface area contributed by atoms with Gasteiger partial charge in [-0.05, 0) is 6.42 Å². The van der Waals surface area contributed by atoms with Gasteiger partial charge in [0.15, 0.2) is 0 Å². The lowest BCUT2D eigenvalue weighted by molar-refractivity contribution is -0.122. The number of Topliss-reactive ketones (excluding diaryl/α,β-unsaturated/α-hetero) is 1. The van der Waals surface area contributed by atoms with Crippen LogP contribution < -0.4 is 0 Å². The van der Waals surface area contributed by atoms with Crippen molar-refractivity contribution in [2.45, 2.75) is 58.0 Å². The van der Waals surface area contributed by atoms with Gasteiger partial charge in [-0.3, -0.25) is 4.79 Å². The fourth-order valence-electron chi connectivity index (χ4n) is 1.35. The number of aliphatic hydroxyl groups excluding tert-OH is 1. The molecule has 0 heterocycles. The average molecular weight is 201 g/mol. The lowest BCUT2D eigenvalue weighted by Crippen LogP contribution is -2.16. The van der Waals surface area contributed by atoms with Crippen LogP contribution in [0.4, 0.5) is 0 Å². The van der Waals surface area contributed by atoms with E-state index in [2.05, 4.69) is 6.92 Å². The van der Waals surface area contributed by atoms with Gasteiger partial charge in [-0.1, -0.05) is 32.6 Å². The first-order valence-corrected chi connectivity index (χ1v) is 5.48. The highest BCUT2D eigenvalue weighted by molar-refractivity contribution is 5.78. The average Bonchev–Trinajstić information content (AvgIpc) is 2.17. The molecule has 0 aliphatic heterocycles. The highest BCUT2D eigenvalue weighted by Crippen LogP contribution is 2.07. The topological polar surface area (TPSA) is 57.2 Å². The van der Waals surface area contributed by atoms with E-state index in [1.54, 1.807) is 0 Å². The van der Waals surface area contributed by atoms with Crippen LogP contribution in [0.3, 0.4) is 0 Å². The van der Waals surface area contributed by atoms with E-state index in [1.165, 1.54) is 19.3 Å². The van der Waals surface area contributed by atoms with Crippen LogP contribution in [-0.4, -0.2) is 23.6 Å². The van der Waals surface area contributed by atoms with Gasteiger partial charge in [0.25, 0.3) is 0 Å². The summed E-state index contributed by atoms with van der Waals surface area (Å²) in [4.78, 5) is 11.1. The Labute approximate surface area is 86.1 Å². The number of hydrogen-bond acceptors (Lipinski definition) is 2. The summed E-state index contributed by atoms with van der Waals surface area (Å²) in [7, 11) is 0. The maximum Gasteiger partial charge on any atom is 0.135 e. The van der Waals surface area contributed by atoms with E-state index in [0.29, 0.717) is 6.42 Å². The van der Waals surface area contributed by atoms with E-state index in [4.69, 9.17) is 5.11 Å². The fourth-order valence-corrected chi connectivity index (χ4v) is 1.35. The van der Waals surface area contributed by atoms with Gasteiger partial charge < -0.3 is 5.11 Å². The molecule has 3 heteroatoms. The Kier molecular flexibility index (Phi) is 8.89. The molecule has 0 saturated carbocycles. The van der Waals surface area contributed by atoms with E-state index in [1.807, 2.05) is 0 Å². The first-order valence-electron chi connectivity index (χ1n) is 5.48. The number of carbonyl (C=O) groups is 1. The summed E-state index contributed by atoms with van der Waals surface area (Å²) in [6, 6.07) is 0. The van der Waals surface area contributed by atoms with Crippen molar-refractivity contribution in [2.75, 3.05) is 6.61 Å². The van der Waals surface area contributed by atoms with Crippen LogP contribution in [0.15, 0.2) is 0 Å². The molecule has 1 atom stereocenters. The van der Waals surface area contributed by atoms with Crippen molar-refractivity contribution in [2.24, 2.45) is 0 Å². The molecule has 0 aromatic rings. The van der Waals surface area contributed by atoms with Crippen LogP contribution in [0.25, 0.3) is 0 Å². The Morgan fingerprint density at radius 2 is 1.86 bits per heavy atom. The Morgan fingerprint density at radius 3 is 2.43 bits per heavy atom. The quantitative estimate of drug-likeness (QED) is 0.581. The standard InChI is InChI=1S/C11H21O3/c1-2-3-4-5-6-7-10(13)8-11(14)9-12/h11,14H,2-9H2,1H3. The molecule has 83 valence electrons. The van der Waals surface area contributed by atoms with Crippen LogP contribution >= 0.6 is 0 Å². The van der Waals surface area contributed by atoms with Gasteiger partial charge in [0.2, 0.25) is 0 Å². The molecule has 0 amide bonds. The molecule has 0 fully saturated rings. The molecule has 14 heavy (non-hydrogen) atoms. The van der Waals surface area contributed by atoms with E-state index in [0.717, 1.165) is 12.8 Å². The molecule has 0 spiro atoms. The molecule has 0 aromatic heterocycles. The summed E-state index contributed by atoms with van der Waals surface area (Å²) in [5.41, 5.74) is 0. The molecule has 0 bridgehead atoms. The lowest BCUT2D eigenvalue weighted by Gasteiger charge is -2.04. The van der Waals surface area contributed by atoms with Crippen LogP contribution in [0, 0.1) is 0 Å². The number of aliphatic hydroxyl groups is 1. The van der Waals surface area contributed by atoms with E-state index in [-0.39, 0.29) is 12.2 Å². The highest BCUT2D eigenvalue weighted by atomic mass is 16.3. The van der Waals surface area contributed by atoms with E-state index in [9.17, 15) is 9.90 Å². The number of hydrogen-bond donors (Lipinski definition) is 1. The largest absolute Gasteiger partial charge is 0.390 e. The van der Waals surface area contributed by atoms with Crippen molar-refractivity contribution >= 4 is 5.78 Å². The zero-order chi connectivity index (χ0) is 10.8. The van der Waals surface area contributed by atoms with Crippen LogP contribution in [-0.2, 0) is 9.90 Å². The van der Waals surface area contributed by atoms with Gasteiger partial charge in [0.1, 0.15) is 12.4 Å². The second kappa shape index (κ2) is 9.16. The number of ketones is 1. The molecule has 0 aliphatic rings. The van der Waals surface area contributed by atoms with E-state index >= 15 is 0 Å². The monoisotopic (exact) mass is 201 g/mol. The number of unbranched alkanes of at least 4 members (excludes halogenated alkanes) is 4. The first kappa shape index (κ1) is 13.6. The number of carbonyl (C=O) groups excluding carboxylic acids is 1. The van der Waals surface area contributed by atoms with Gasteiger partial charge in [0, 0.05) is 12.8 Å². The summed E-state index contributed by atoms with van der Waals surface area (Å²) in [6.07, 6.45) is 5.14. The molecule has 3 nitrogen and oxygen atoms in total. The van der Waals surface area contributed by atoms with Gasteiger partial charge in [-0.15, -0.1) is 0 Å². The van der Waals surface area contributed by atoms with Gasteiger partial charge >= 0.3 is 0 Å². The molecular formula is C11H21O3. The van der Waals surface area contributed by atoms with Crippen molar-refractivity contribution in [1.82, 2.24) is 0 Å². The minimum atomic E-state index is -0.974. The molecule has 0 saturated heterocycles. The Balaban J connectivity index is 3.27. The second-order valence-electron chi connectivity index (χ2n) is 3.73. The molecular weight excluding hydrogens is 180 g/mol. The van der Waals surface area contributed by atoms with Gasteiger partial charge in [-0.25, -0.2) is 5.11 Å². The van der Waals surface area contributed by atoms with Crippen molar-refractivity contribution in [1.29, 1.82) is 0 Å². The highest BCUT2D eigenvalue weighted by Gasteiger charge is 2.09. The van der Waals surface area contributed by atoms with Crippen LogP contribution in [0.1, 0.15) is 51.9 Å². The zero-order valence-corrected chi connectivity index (χ0v) is 9.00. The maximum atomic E-state index is 11.1. The first-order chi connectivity index (χ1) is 6.70. The van der Waals surface area contributed by atoms with Crippen molar-refractivity contribution in [3.63, 3.8) is 0 Å². The predicted octanol–water partition coefficient (Wildman–Crippen LogP) is 2.10. The molecule has 1 N–H and O–H groups in total. The smallest absolute Gasteiger partial charge is 0.135 e. The molecule has 0 aromatic carbocycles. The third-order valence-corrected chi connectivity index (χ3v) is 2.21. The number of rotatable bonds is 9. The molecule has 0 rings (SSSR count). The predicted molar refractivity (Wildman–Crippen MR) is 54.6 cm³/mol. The van der Waals surface area contributed by atoms with Crippen molar-refractivity contribution in [3.05, 3.63) is 0 Å². The van der Waals surface area contributed by atoms with Crippen molar-refractivity contribution in [3.8, 4) is 0 Å². The Hall–Kier alpha value is -0.410. The second-order valence-corrected chi connectivity index (χ2v) is 3.73. The summed E-state index contributed by atoms with van der Waals surface area (Å²) in [6.45, 7) is 1.58. The zero-order valence-electron chi connectivity index (χ0n) is 9.00. The minimum Gasteiger partial charge on any atom is -0.390 e. The third-order valence-electron chi connectivity index (χ3n) is 2.21. The molecule has 1 unspecified atom stereocenters. The molecule has 1 radical (unpaired) electrons. The normalized spacial score (nSPS) is 12.8. The molecule has 0 aliphatic carbocycles. The van der Waals surface area contributed by atoms with E-state index < -0.39 is 12.7 Å². The fraction of sp³-hybridized carbons (Fsp3) is 0.909. The van der Waals surface area contributed by atoms with Crippen LogP contribution in [0.5, 0.6) is 0 Å². The van der Waals surface area contributed by atoms with Crippen LogP contribution in [0.2, 0.25) is 0 Å². The van der Waals surface area contributed by atoms with Gasteiger partial charge in [0.05, 0.1) is 6.10 Å². The Bertz CT molecular complexity index is 145. The third kappa shape index (κ3) is 8.20. The maximum absolute atomic E-state index is 11.1. The summed E-state index contributed by atoms with van der Waals surface area (Å²) in [5, 5.41) is 19.1. The summed E-state index contributed by atoms with van der Waals surface area (Å²) in [5.74, 6) is 0.0184. The summed E-state index contributed by atoms with van der Waals surface area (Å²) >= 11 is 0. The lowest BCUT2D eigenvalue weighted by atomic mass is 10.1. The Morgan fingerprint density at radius 1 is 1.21 bits per heavy atom. The summed E-state index contributed by atoms with van der Waals surface area (Å²) < 4.78 is 0. The van der Waals surface area contributed by atoms with Crippen molar-refractivity contribution < 1.29 is 15.0 Å².